The predicted octanol–water partition coefficient (Wildman–Crippen LogP) is 1.67. The van der Waals surface area contributed by atoms with E-state index in [2.05, 4.69) is 6.92 Å². The second-order valence-corrected chi connectivity index (χ2v) is 9.46. The minimum absolute atomic E-state index is 0.000835. The van der Waals surface area contributed by atoms with Crippen LogP contribution in [0.1, 0.15) is 58.8 Å². The van der Waals surface area contributed by atoms with Crippen molar-refractivity contribution < 1.29 is 34.4 Å². The van der Waals surface area contributed by atoms with E-state index in [-0.39, 0.29) is 23.3 Å². The third kappa shape index (κ3) is 2.22. The third-order valence-electron chi connectivity index (χ3n) is 8.20. The number of ketones is 2. The molecule has 4 aliphatic rings. The summed E-state index contributed by atoms with van der Waals surface area (Å²) in [5.41, 5.74) is -4.09. The summed E-state index contributed by atoms with van der Waals surface area (Å²) in [6, 6.07) is 0. The Morgan fingerprint density at radius 2 is 1.86 bits per heavy atom. The Bertz CT molecular complexity index is 823. The molecular weight excluding hydrogens is 367 g/mol. The Balaban J connectivity index is 1.84. The monoisotopic (exact) mass is 394 g/mol. The number of allylic oxidation sites excluding steroid dienone is 2. The number of carbonyl (C=O) groups is 2. The van der Waals surface area contributed by atoms with Gasteiger partial charge >= 0.3 is 5.97 Å². The number of hydrogen-bond acceptors (Lipinski definition) is 6. The highest BCUT2D eigenvalue weighted by atomic mass is 19.1. The summed E-state index contributed by atoms with van der Waals surface area (Å²) in [6.07, 6.45) is 7.74. The zero-order valence-electron chi connectivity index (χ0n) is 16.2. The molecule has 0 spiro atoms. The molecule has 0 bridgehead atoms. The maximum atomic E-state index is 15.2. The van der Waals surface area contributed by atoms with E-state index in [9.17, 15) is 30.0 Å². The normalized spacial score (nSPS) is 43.2. The van der Waals surface area contributed by atoms with E-state index in [4.69, 9.17) is 0 Å². The van der Waals surface area contributed by atoms with E-state index in [1.807, 2.05) is 6.08 Å². The van der Waals surface area contributed by atoms with Crippen molar-refractivity contribution in [2.45, 2.75) is 70.4 Å². The predicted molar refractivity (Wildman–Crippen MR) is 96.1 cm³/mol. The standard InChI is InChI=1S/C21H27FO6/c1-18-9-4-3-5-11(18)6-7-12-13(18)8-10-19(2)14(12)15(22)16(23)20(19,25)17(24)21(26,27)28/h7,11,13,25-28H,3-6,8-10H2,1-2H3/t11?,13-,18-,19-,20-/m0/s1. The van der Waals surface area contributed by atoms with Crippen molar-refractivity contribution in [3.8, 4) is 0 Å². The summed E-state index contributed by atoms with van der Waals surface area (Å²) in [5.74, 6) is -8.05. The Morgan fingerprint density at radius 3 is 2.50 bits per heavy atom. The van der Waals surface area contributed by atoms with Crippen LogP contribution in [-0.4, -0.2) is 43.6 Å². The van der Waals surface area contributed by atoms with E-state index in [1.165, 1.54) is 13.3 Å². The van der Waals surface area contributed by atoms with Gasteiger partial charge in [0.25, 0.3) is 5.78 Å². The second kappa shape index (κ2) is 5.81. The zero-order valence-corrected chi connectivity index (χ0v) is 16.2. The van der Waals surface area contributed by atoms with Gasteiger partial charge < -0.3 is 20.4 Å². The first kappa shape index (κ1) is 19.9. The fourth-order valence-electron chi connectivity index (χ4n) is 6.53. The molecule has 0 aliphatic heterocycles. The first-order valence-electron chi connectivity index (χ1n) is 9.99. The van der Waals surface area contributed by atoms with E-state index >= 15 is 4.39 Å². The minimum Gasteiger partial charge on any atom is -0.373 e. The maximum absolute atomic E-state index is 15.2. The lowest BCUT2D eigenvalue weighted by molar-refractivity contribution is -0.297. The van der Waals surface area contributed by atoms with E-state index in [0.29, 0.717) is 17.9 Å². The molecule has 2 saturated carbocycles. The molecule has 0 heterocycles. The lowest BCUT2D eigenvalue weighted by atomic mass is 9.48. The van der Waals surface area contributed by atoms with Gasteiger partial charge in [-0.3, -0.25) is 9.59 Å². The van der Waals surface area contributed by atoms with Gasteiger partial charge in [-0.2, -0.15) is 0 Å². The molecule has 4 aliphatic carbocycles. The minimum atomic E-state index is -3.93. The van der Waals surface area contributed by atoms with Crippen molar-refractivity contribution in [1.82, 2.24) is 0 Å². The van der Waals surface area contributed by atoms with Gasteiger partial charge in [-0.25, -0.2) is 4.39 Å². The van der Waals surface area contributed by atoms with Crippen LogP contribution >= 0.6 is 0 Å². The van der Waals surface area contributed by atoms with Gasteiger partial charge in [0.15, 0.2) is 5.83 Å². The molecule has 1 unspecified atom stereocenters. The Hall–Kier alpha value is -1.41. The third-order valence-corrected chi connectivity index (χ3v) is 8.20. The highest BCUT2D eigenvalue weighted by Gasteiger charge is 2.71. The van der Waals surface area contributed by atoms with Crippen molar-refractivity contribution in [2.24, 2.45) is 22.7 Å². The van der Waals surface area contributed by atoms with E-state index in [0.717, 1.165) is 25.7 Å². The Kier molecular flexibility index (Phi) is 4.13. The fraction of sp³-hybridized carbons (Fsp3) is 0.714. The van der Waals surface area contributed by atoms with E-state index in [1.54, 1.807) is 0 Å². The molecule has 0 aromatic carbocycles. The number of hydrogen-bond donors (Lipinski definition) is 4. The van der Waals surface area contributed by atoms with Gasteiger partial charge in [-0.1, -0.05) is 32.8 Å². The van der Waals surface area contributed by atoms with Gasteiger partial charge in [0, 0.05) is 11.0 Å². The molecule has 4 N–H and O–H groups in total. The van der Waals surface area contributed by atoms with Gasteiger partial charge in [0.05, 0.1) is 0 Å². The smallest absolute Gasteiger partial charge is 0.342 e. The molecule has 154 valence electrons. The average Bonchev–Trinajstić information content (AvgIpc) is 2.78. The molecular formula is C21H27FO6. The molecule has 28 heavy (non-hydrogen) atoms. The van der Waals surface area contributed by atoms with Crippen LogP contribution in [0.25, 0.3) is 0 Å². The molecule has 0 aromatic heterocycles. The molecule has 4 rings (SSSR count). The van der Waals surface area contributed by atoms with E-state index < -0.39 is 34.4 Å². The number of aliphatic hydroxyl groups is 4. The zero-order chi connectivity index (χ0) is 20.7. The fourth-order valence-corrected chi connectivity index (χ4v) is 6.53. The van der Waals surface area contributed by atoms with Crippen LogP contribution in [0.15, 0.2) is 23.0 Å². The lowest BCUT2D eigenvalue weighted by Crippen LogP contribution is -2.64. The van der Waals surface area contributed by atoms with Crippen LogP contribution in [0.4, 0.5) is 4.39 Å². The molecule has 5 atom stereocenters. The van der Waals surface area contributed by atoms with Crippen molar-refractivity contribution in [1.29, 1.82) is 0 Å². The summed E-state index contributed by atoms with van der Waals surface area (Å²) >= 11 is 0. The summed E-state index contributed by atoms with van der Waals surface area (Å²) in [6.45, 7) is 3.60. The van der Waals surface area contributed by atoms with Gasteiger partial charge in [-0.05, 0) is 54.9 Å². The van der Waals surface area contributed by atoms with Crippen LogP contribution in [0.3, 0.4) is 0 Å². The summed E-state index contributed by atoms with van der Waals surface area (Å²) in [7, 11) is 0. The lowest BCUT2D eigenvalue weighted by Gasteiger charge is -2.55. The molecule has 0 amide bonds. The van der Waals surface area contributed by atoms with Crippen molar-refractivity contribution >= 4 is 11.6 Å². The average molecular weight is 394 g/mol. The summed E-state index contributed by atoms with van der Waals surface area (Å²) < 4.78 is 15.2. The molecule has 2 fully saturated rings. The SMILES string of the molecule is C[C@]12CCCCC1CC=C1C3=C(F)C(=O)[C@](O)(C(=O)C(O)(O)O)[C@@]3(C)CC[C@@H]12. The molecule has 0 aromatic rings. The number of fused-ring (bicyclic) bond motifs is 5. The molecule has 0 saturated heterocycles. The quantitative estimate of drug-likeness (QED) is 0.418. The van der Waals surface area contributed by atoms with Crippen LogP contribution in [0.2, 0.25) is 0 Å². The number of halogens is 1. The highest BCUT2D eigenvalue weighted by molar-refractivity contribution is 6.21. The van der Waals surface area contributed by atoms with Crippen molar-refractivity contribution in [2.75, 3.05) is 0 Å². The highest BCUT2D eigenvalue weighted by Crippen LogP contribution is 2.66. The molecule has 7 heteroatoms. The van der Waals surface area contributed by atoms with Gasteiger partial charge in [0.1, 0.15) is 0 Å². The Labute approximate surface area is 162 Å². The summed E-state index contributed by atoms with van der Waals surface area (Å²) in [4.78, 5) is 25.1. The number of Topliss-reactive ketones (excluding diaryl/α,β-unsaturated/α-hetero) is 2. The van der Waals surface area contributed by atoms with Crippen LogP contribution in [0.5, 0.6) is 0 Å². The van der Waals surface area contributed by atoms with Crippen molar-refractivity contribution in [3.63, 3.8) is 0 Å². The topological polar surface area (TPSA) is 115 Å². The second-order valence-electron chi connectivity index (χ2n) is 9.46. The number of rotatable bonds is 2. The van der Waals surface area contributed by atoms with Gasteiger partial charge in [0.2, 0.25) is 11.4 Å². The van der Waals surface area contributed by atoms with Crippen LogP contribution < -0.4 is 0 Å². The van der Waals surface area contributed by atoms with Crippen LogP contribution in [-0.2, 0) is 9.59 Å². The van der Waals surface area contributed by atoms with Crippen molar-refractivity contribution in [3.05, 3.63) is 23.0 Å². The van der Waals surface area contributed by atoms with Crippen LogP contribution in [0, 0.1) is 22.7 Å². The Morgan fingerprint density at radius 1 is 1.18 bits per heavy atom. The first-order valence-corrected chi connectivity index (χ1v) is 9.99. The molecule has 6 nitrogen and oxygen atoms in total. The maximum Gasteiger partial charge on any atom is 0.342 e. The first-order chi connectivity index (χ1) is 12.9. The largest absolute Gasteiger partial charge is 0.373 e. The summed E-state index contributed by atoms with van der Waals surface area (Å²) in [5, 5.41) is 39.0. The van der Waals surface area contributed by atoms with Gasteiger partial charge in [-0.15, -0.1) is 0 Å². The number of carbonyl (C=O) groups excluding carboxylic acids is 2. The molecule has 0 radical (unpaired) electrons.